The summed E-state index contributed by atoms with van der Waals surface area (Å²) in [6, 6.07) is 7.09. The van der Waals surface area contributed by atoms with E-state index in [-0.39, 0.29) is 11.9 Å². The fourth-order valence-corrected chi connectivity index (χ4v) is 1.49. The maximum Gasteiger partial charge on any atom is 0.291 e. The Bertz CT molecular complexity index is 474. The Hall–Kier alpha value is -2.08. The molecule has 116 valence electrons. The second-order valence-electron chi connectivity index (χ2n) is 4.21. The van der Waals surface area contributed by atoms with E-state index in [0.29, 0.717) is 31.1 Å². The number of aliphatic imine (C=N–C) groups is 1. The summed E-state index contributed by atoms with van der Waals surface area (Å²) in [6.07, 6.45) is 0.832. The molecule has 0 radical (unpaired) electrons. The van der Waals surface area contributed by atoms with Gasteiger partial charge in [-0.05, 0) is 24.6 Å². The van der Waals surface area contributed by atoms with Crippen LogP contribution in [-0.2, 0) is 9.47 Å². The number of carbonyl (C=O) groups is 1. The van der Waals surface area contributed by atoms with Gasteiger partial charge in [-0.15, -0.1) is 0 Å². The van der Waals surface area contributed by atoms with E-state index in [1.54, 1.807) is 38.5 Å². The van der Waals surface area contributed by atoms with E-state index >= 15 is 0 Å². The molecule has 0 fully saturated rings. The molecule has 0 aromatic heterocycles. The molecule has 6 nitrogen and oxygen atoms in total. The van der Waals surface area contributed by atoms with Crippen LogP contribution in [0.4, 0.5) is 0 Å². The first-order valence-corrected chi connectivity index (χ1v) is 6.82. The predicted octanol–water partition coefficient (Wildman–Crippen LogP) is 1.85. The summed E-state index contributed by atoms with van der Waals surface area (Å²) in [6.45, 7) is 3.36. The minimum absolute atomic E-state index is 0.210. The lowest BCUT2D eigenvalue weighted by Gasteiger charge is -2.10. The number of ether oxygens (including phenoxy) is 3. The van der Waals surface area contributed by atoms with Gasteiger partial charge in [0.2, 0.25) is 0 Å². The normalized spacial score (nSPS) is 11.1. The van der Waals surface area contributed by atoms with Gasteiger partial charge in [0.05, 0.1) is 26.9 Å². The van der Waals surface area contributed by atoms with Crippen molar-refractivity contribution >= 4 is 11.9 Å². The Morgan fingerprint density at radius 2 is 2.10 bits per heavy atom. The van der Waals surface area contributed by atoms with Gasteiger partial charge in [0, 0.05) is 12.7 Å². The molecule has 0 aliphatic carbocycles. The monoisotopic (exact) mass is 294 g/mol. The Balaban J connectivity index is 2.71. The van der Waals surface area contributed by atoms with Crippen LogP contribution in [0.1, 0.15) is 23.7 Å². The van der Waals surface area contributed by atoms with Crippen LogP contribution in [0.2, 0.25) is 0 Å². The van der Waals surface area contributed by atoms with Gasteiger partial charge in [-0.1, -0.05) is 13.0 Å². The zero-order chi connectivity index (χ0) is 15.5. The molecule has 0 atom stereocenters. The van der Waals surface area contributed by atoms with Gasteiger partial charge >= 0.3 is 0 Å². The van der Waals surface area contributed by atoms with E-state index in [1.807, 2.05) is 6.92 Å². The Kier molecular flexibility index (Phi) is 7.89. The lowest BCUT2D eigenvalue weighted by atomic mass is 10.2. The summed E-state index contributed by atoms with van der Waals surface area (Å²) < 4.78 is 15.4. The van der Waals surface area contributed by atoms with Crippen molar-refractivity contribution in [2.75, 3.05) is 34.0 Å². The second-order valence-corrected chi connectivity index (χ2v) is 4.21. The Labute approximate surface area is 125 Å². The van der Waals surface area contributed by atoms with E-state index in [0.717, 1.165) is 6.42 Å². The number of amidine groups is 1. The molecule has 0 heterocycles. The number of hydrogen-bond donors (Lipinski definition) is 1. The molecule has 0 aliphatic rings. The molecule has 0 bridgehead atoms. The average molecular weight is 294 g/mol. The molecule has 0 spiro atoms. The van der Waals surface area contributed by atoms with Crippen LogP contribution >= 0.6 is 0 Å². The van der Waals surface area contributed by atoms with E-state index < -0.39 is 0 Å². The van der Waals surface area contributed by atoms with Crippen molar-refractivity contribution < 1.29 is 19.0 Å². The zero-order valence-corrected chi connectivity index (χ0v) is 12.7. The molecule has 1 amide bonds. The Morgan fingerprint density at radius 1 is 1.29 bits per heavy atom. The second kappa shape index (κ2) is 9.77. The molecule has 0 saturated carbocycles. The van der Waals surface area contributed by atoms with Crippen LogP contribution in [0.5, 0.6) is 5.75 Å². The van der Waals surface area contributed by atoms with Crippen LogP contribution in [0.15, 0.2) is 29.3 Å². The third-order valence-electron chi connectivity index (χ3n) is 2.55. The largest absolute Gasteiger partial charge is 0.497 e. The zero-order valence-electron chi connectivity index (χ0n) is 12.7. The van der Waals surface area contributed by atoms with Gasteiger partial charge in [-0.2, -0.15) is 0 Å². The van der Waals surface area contributed by atoms with Gasteiger partial charge in [-0.25, -0.2) is 4.99 Å². The lowest BCUT2D eigenvalue weighted by Crippen LogP contribution is -2.33. The summed E-state index contributed by atoms with van der Waals surface area (Å²) in [5.41, 5.74) is 0.480. The number of rotatable bonds is 7. The molecule has 1 aromatic rings. The smallest absolute Gasteiger partial charge is 0.291 e. The summed E-state index contributed by atoms with van der Waals surface area (Å²) >= 11 is 0. The number of methoxy groups -OCH3 is 2. The molecule has 1 N–H and O–H groups in total. The first-order chi connectivity index (χ1) is 10.2. The van der Waals surface area contributed by atoms with Gasteiger partial charge in [-0.3, -0.25) is 10.1 Å². The highest BCUT2D eigenvalue weighted by atomic mass is 16.5. The van der Waals surface area contributed by atoms with Crippen molar-refractivity contribution in [2.24, 2.45) is 4.99 Å². The Morgan fingerprint density at radius 3 is 2.76 bits per heavy atom. The molecule has 21 heavy (non-hydrogen) atoms. The number of nitrogens with zero attached hydrogens (tertiary/aromatic N) is 1. The summed E-state index contributed by atoms with van der Waals surface area (Å²) in [5, 5.41) is 2.66. The van der Waals surface area contributed by atoms with Crippen LogP contribution in [0.25, 0.3) is 0 Å². The average Bonchev–Trinajstić information content (AvgIpc) is 2.52. The summed E-state index contributed by atoms with van der Waals surface area (Å²) in [5.74, 6) is 0.330. The minimum atomic E-state index is -0.291. The topological polar surface area (TPSA) is 69.2 Å². The molecule has 1 rings (SSSR count). The quantitative estimate of drug-likeness (QED) is 0.473. The van der Waals surface area contributed by atoms with Gasteiger partial charge in [0.25, 0.3) is 11.9 Å². The van der Waals surface area contributed by atoms with Gasteiger partial charge < -0.3 is 14.2 Å². The molecule has 1 aromatic carbocycles. The van der Waals surface area contributed by atoms with Crippen LogP contribution in [0, 0.1) is 0 Å². The predicted molar refractivity (Wildman–Crippen MR) is 80.9 cm³/mol. The van der Waals surface area contributed by atoms with Gasteiger partial charge in [0.1, 0.15) is 5.75 Å². The highest BCUT2D eigenvalue weighted by Crippen LogP contribution is 2.12. The molecule has 6 heteroatoms. The van der Waals surface area contributed by atoms with Gasteiger partial charge in [0.15, 0.2) is 0 Å². The number of amides is 1. The van der Waals surface area contributed by atoms with Crippen molar-refractivity contribution in [1.29, 1.82) is 0 Å². The highest BCUT2D eigenvalue weighted by Gasteiger charge is 2.10. The van der Waals surface area contributed by atoms with Crippen LogP contribution < -0.4 is 10.1 Å². The van der Waals surface area contributed by atoms with E-state index in [4.69, 9.17) is 14.2 Å². The number of carbonyl (C=O) groups excluding carboxylic acids is 1. The number of nitrogens with one attached hydrogen (secondary N) is 1. The van der Waals surface area contributed by atoms with E-state index in [2.05, 4.69) is 10.3 Å². The lowest BCUT2D eigenvalue weighted by molar-refractivity contribution is 0.0964. The van der Waals surface area contributed by atoms with E-state index in [1.165, 1.54) is 0 Å². The fourth-order valence-electron chi connectivity index (χ4n) is 1.49. The highest BCUT2D eigenvalue weighted by molar-refractivity contribution is 6.04. The minimum Gasteiger partial charge on any atom is -0.497 e. The summed E-state index contributed by atoms with van der Waals surface area (Å²) in [4.78, 5) is 16.3. The third kappa shape index (κ3) is 6.27. The first-order valence-electron chi connectivity index (χ1n) is 6.82. The third-order valence-corrected chi connectivity index (χ3v) is 2.55. The molecule has 0 aliphatic heterocycles. The first kappa shape index (κ1) is 17.0. The van der Waals surface area contributed by atoms with Crippen molar-refractivity contribution in [3.05, 3.63) is 29.8 Å². The fraction of sp³-hybridized carbons (Fsp3) is 0.467. The van der Waals surface area contributed by atoms with Crippen LogP contribution in [0.3, 0.4) is 0 Å². The van der Waals surface area contributed by atoms with Crippen molar-refractivity contribution in [2.45, 2.75) is 13.3 Å². The van der Waals surface area contributed by atoms with Crippen molar-refractivity contribution in [3.8, 4) is 5.75 Å². The van der Waals surface area contributed by atoms with Crippen molar-refractivity contribution in [1.82, 2.24) is 5.32 Å². The SMILES string of the molecule is CCCOC(=NCCOC)NC(=O)c1cccc(OC)c1. The molecular formula is C15H22N2O4. The van der Waals surface area contributed by atoms with Crippen LogP contribution in [-0.4, -0.2) is 45.9 Å². The number of hydrogen-bond acceptors (Lipinski definition) is 5. The molecule has 0 unspecified atom stereocenters. The summed E-state index contributed by atoms with van der Waals surface area (Å²) in [7, 11) is 3.15. The number of benzene rings is 1. The van der Waals surface area contributed by atoms with E-state index in [9.17, 15) is 4.79 Å². The van der Waals surface area contributed by atoms with Crippen molar-refractivity contribution in [3.63, 3.8) is 0 Å². The molecular weight excluding hydrogens is 272 g/mol. The molecule has 0 saturated heterocycles. The maximum absolute atomic E-state index is 12.2. The maximum atomic E-state index is 12.2. The standard InChI is InChI=1S/C15H22N2O4/c1-4-9-21-15(16-8-10-19-2)17-14(18)12-6-5-7-13(11-12)20-3/h5-7,11H,4,8-10H2,1-3H3,(H,16,17,18).